The lowest BCUT2D eigenvalue weighted by atomic mass is 10.2. The van der Waals surface area contributed by atoms with E-state index in [4.69, 9.17) is 9.47 Å². The summed E-state index contributed by atoms with van der Waals surface area (Å²) in [6.07, 6.45) is 1.14. The fourth-order valence-corrected chi connectivity index (χ4v) is 1.70. The summed E-state index contributed by atoms with van der Waals surface area (Å²) in [5.41, 5.74) is -0.809. The van der Waals surface area contributed by atoms with Crippen LogP contribution in [0, 0.1) is 0 Å². The lowest BCUT2D eigenvalue weighted by molar-refractivity contribution is 0.0516. The third kappa shape index (κ3) is 23.8. The van der Waals surface area contributed by atoms with Crippen molar-refractivity contribution in [3.63, 3.8) is 0 Å². The van der Waals surface area contributed by atoms with Crippen LogP contribution in [0.5, 0.6) is 0 Å². The van der Waals surface area contributed by atoms with Crippen LogP contribution in [0.1, 0.15) is 54.4 Å². The normalized spacial score (nSPS) is 11.0. The molecule has 0 radical (unpaired) electrons. The topological polar surface area (TPSA) is 76.7 Å². The minimum Gasteiger partial charge on any atom is -0.444 e. The van der Waals surface area contributed by atoms with Crippen LogP contribution in [0.3, 0.4) is 0 Å². The van der Waals surface area contributed by atoms with Gasteiger partial charge in [-0.1, -0.05) is 31.9 Å². The van der Waals surface area contributed by atoms with Gasteiger partial charge in [-0.3, -0.25) is 0 Å². The minimum absolute atomic E-state index is 0.344. The molecule has 0 fully saturated rings. The van der Waals surface area contributed by atoms with Gasteiger partial charge < -0.3 is 20.1 Å². The van der Waals surface area contributed by atoms with E-state index >= 15 is 0 Å². The largest absolute Gasteiger partial charge is 0.444 e. The van der Waals surface area contributed by atoms with E-state index in [0.29, 0.717) is 13.1 Å². The van der Waals surface area contributed by atoms with Crippen LogP contribution in [0.25, 0.3) is 0 Å². The summed E-state index contributed by atoms with van der Waals surface area (Å²) in [6, 6.07) is 0. The Hall–Kier alpha value is -0.500. The quantitative estimate of drug-likeness (QED) is 0.435. The molecule has 6 nitrogen and oxygen atoms in total. The van der Waals surface area contributed by atoms with E-state index in [9.17, 15) is 9.59 Å². The Balaban J connectivity index is 0. The first-order valence-electron chi connectivity index (χ1n) is 7.97. The summed E-state index contributed by atoms with van der Waals surface area (Å²) in [5.74, 6) is 0. The predicted octanol–water partition coefficient (Wildman–Crippen LogP) is 4.59. The van der Waals surface area contributed by atoms with Crippen molar-refractivity contribution in [1.29, 1.82) is 0 Å². The van der Waals surface area contributed by atoms with Gasteiger partial charge in [0.1, 0.15) is 11.2 Å². The molecule has 0 aromatic carbocycles. The number of alkyl carbamates (subject to hydrolysis) is 2. The second-order valence-corrected chi connectivity index (χ2v) is 8.53. The van der Waals surface area contributed by atoms with E-state index in [0.717, 1.165) is 23.5 Å². The smallest absolute Gasteiger partial charge is 0.407 e. The number of halogens is 2. The van der Waals surface area contributed by atoms with Crippen molar-refractivity contribution in [1.82, 2.24) is 10.6 Å². The lowest BCUT2D eigenvalue weighted by Crippen LogP contribution is -2.33. The number of carbonyl (C=O) groups is 2. The molecule has 0 aromatic rings. The molecule has 0 unspecified atom stereocenters. The standard InChI is InChI=1S/2C8H16BrNO2/c2*1-8(2,3)12-7(11)10-6-4-5-9/h2*4-6H2,1-3H3,(H,10,11). The van der Waals surface area contributed by atoms with E-state index in [1.807, 2.05) is 41.5 Å². The maximum atomic E-state index is 11.0. The third-order valence-corrected chi connectivity index (χ3v) is 3.08. The van der Waals surface area contributed by atoms with Crippen LogP contribution < -0.4 is 10.6 Å². The second kappa shape index (κ2) is 13.8. The fraction of sp³-hybridized carbons (Fsp3) is 0.875. The summed E-state index contributed by atoms with van der Waals surface area (Å²) in [6.45, 7) is 12.4. The van der Waals surface area contributed by atoms with Gasteiger partial charge in [-0.05, 0) is 54.4 Å². The molecule has 0 aromatic heterocycles. The van der Waals surface area contributed by atoms with Crippen molar-refractivity contribution in [3.05, 3.63) is 0 Å². The molecule has 0 heterocycles. The average Bonchev–Trinajstić information content (AvgIpc) is 2.36. The number of ether oxygens (including phenoxy) is 2. The monoisotopic (exact) mass is 474 g/mol. The van der Waals surface area contributed by atoms with Crippen molar-refractivity contribution in [3.8, 4) is 0 Å². The fourth-order valence-electron chi connectivity index (χ4n) is 1.14. The van der Waals surface area contributed by atoms with Crippen LogP contribution in [0.15, 0.2) is 0 Å². The Morgan fingerprint density at radius 2 is 1.04 bits per heavy atom. The van der Waals surface area contributed by atoms with Gasteiger partial charge in [0.2, 0.25) is 0 Å². The molecule has 144 valence electrons. The van der Waals surface area contributed by atoms with Gasteiger partial charge in [-0.25, -0.2) is 9.59 Å². The first kappa shape index (κ1) is 25.7. The number of alkyl halides is 2. The highest BCUT2D eigenvalue weighted by Crippen LogP contribution is 2.06. The molecule has 2 amide bonds. The zero-order valence-corrected chi connectivity index (χ0v) is 18.8. The number of rotatable bonds is 6. The SMILES string of the molecule is CC(C)(C)OC(=O)NCCCBr.CC(C)(C)OC(=O)NCCCBr. The van der Waals surface area contributed by atoms with Crippen molar-refractivity contribution >= 4 is 44.0 Å². The highest BCUT2D eigenvalue weighted by Gasteiger charge is 2.15. The summed E-state index contributed by atoms with van der Waals surface area (Å²) in [5, 5.41) is 7.08. The molecular weight excluding hydrogens is 444 g/mol. The highest BCUT2D eigenvalue weighted by molar-refractivity contribution is 9.09. The zero-order valence-electron chi connectivity index (χ0n) is 15.6. The molecule has 0 saturated carbocycles. The van der Waals surface area contributed by atoms with Gasteiger partial charge in [0, 0.05) is 23.7 Å². The Kier molecular flexibility index (Phi) is 14.7. The summed E-state index contributed by atoms with van der Waals surface area (Å²) in [4.78, 5) is 22.0. The van der Waals surface area contributed by atoms with Gasteiger partial charge in [0.25, 0.3) is 0 Å². The Morgan fingerprint density at radius 3 is 1.25 bits per heavy atom. The first-order chi connectivity index (χ1) is 10.9. The average molecular weight is 476 g/mol. The molecule has 0 rings (SSSR count). The molecule has 0 spiro atoms. The lowest BCUT2D eigenvalue weighted by Gasteiger charge is -2.19. The molecule has 0 bridgehead atoms. The molecule has 2 N–H and O–H groups in total. The highest BCUT2D eigenvalue weighted by atomic mass is 79.9. The molecule has 0 aliphatic rings. The van der Waals surface area contributed by atoms with E-state index in [1.165, 1.54) is 0 Å². The molecule has 0 atom stereocenters. The number of nitrogens with one attached hydrogen (secondary N) is 2. The van der Waals surface area contributed by atoms with E-state index in [2.05, 4.69) is 42.5 Å². The van der Waals surface area contributed by atoms with Crippen LogP contribution in [0.2, 0.25) is 0 Å². The number of hydrogen-bond donors (Lipinski definition) is 2. The van der Waals surface area contributed by atoms with Crippen LogP contribution >= 0.6 is 31.9 Å². The Morgan fingerprint density at radius 1 is 0.750 bits per heavy atom. The molecular formula is C16H32Br2N2O4. The van der Waals surface area contributed by atoms with Crippen molar-refractivity contribution in [2.45, 2.75) is 65.6 Å². The van der Waals surface area contributed by atoms with Crippen molar-refractivity contribution in [2.75, 3.05) is 23.7 Å². The van der Waals surface area contributed by atoms with E-state index < -0.39 is 11.2 Å². The third-order valence-electron chi connectivity index (χ3n) is 1.96. The van der Waals surface area contributed by atoms with E-state index in [1.54, 1.807) is 0 Å². The summed E-state index contributed by atoms with van der Waals surface area (Å²) < 4.78 is 10.0. The Labute approximate surface area is 163 Å². The minimum atomic E-state index is -0.404. The number of hydrogen-bond acceptors (Lipinski definition) is 4. The number of carbonyl (C=O) groups excluding carboxylic acids is 2. The second-order valence-electron chi connectivity index (χ2n) is 6.94. The van der Waals surface area contributed by atoms with Crippen LogP contribution in [-0.2, 0) is 9.47 Å². The molecule has 0 aliphatic heterocycles. The maximum Gasteiger partial charge on any atom is 0.407 e. The van der Waals surface area contributed by atoms with Crippen molar-refractivity contribution in [2.24, 2.45) is 0 Å². The molecule has 0 aliphatic carbocycles. The molecule has 8 heteroatoms. The van der Waals surface area contributed by atoms with Crippen molar-refractivity contribution < 1.29 is 19.1 Å². The molecule has 24 heavy (non-hydrogen) atoms. The first-order valence-corrected chi connectivity index (χ1v) is 10.2. The summed E-state index contributed by atoms with van der Waals surface area (Å²) >= 11 is 6.54. The maximum absolute atomic E-state index is 11.0. The van der Waals surface area contributed by atoms with Crippen LogP contribution in [-0.4, -0.2) is 47.1 Å². The van der Waals surface area contributed by atoms with Gasteiger partial charge in [-0.2, -0.15) is 0 Å². The van der Waals surface area contributed by atoms with Crippen LogP contribution in [0.4, 0.5) is 9.59 Å². The predicted molar refractivity (Wildman–Crippen MR) is 105 cm³/mol. The number of amides is 2. The Bertz CT molecular complexity index is 319. The van der Waals surface area contributed by atoms with Gasteiger partial charge in [0.15, 0.2) is 0 Å². The van der Waals surface area contributed by atoms with Gasteiger partial charge >= 0.3 is 12.2 Å². The molecule has 0 saturated heterocycles. The summed E-state index contributed by atoms with van der Waals surface area (Å²) in [7, 11) is 0. The van der Waals surface area contributed by atoms with Gasteiger partial charge in [-0.15, -0.1) is 0 Å². The van der Waals surface area contributed by atoms with Gasteiger partial charge in [0.05, 0.1) is 0 Å². The zero-order chi connectivity index (χ0) is 19.2. The van der Waals surface area contributed by atoms with E-state index in [-0.39, 0.29) is 12.2 Å².